The zero-order valence-electron chi connectivity index (χ0n) is 10.5. The Kier molecular flexibility index (Phi) is 4.73. The van der Waals surface area contributed by atoms with Crippen LogP contribution in [-0.4, -0.2) is 32.4 Å². The Morgan fingerprint density at radius 2 is 2.05 bits per heavy atom. The van der Waals surface area contributed by atoms with E-state index in [2.05, 4.69) is 0 Å². The summed E-state index contributed by atoms with van der Waals surface area (Å²) in [6.45, 7) is -0.775. The molecule has 0 aliphatic rings. The molecule has 0 heterocycles. The van der Waals surface area contributed by atoms with Crippen molar-refractivity contribution < 1.29 is 22.1 Å². The first-order chi connectivity index (χ1) is 9.09. The Morgan fingerprint density at radius 1 is 1.45 bits per heavy atom. The summed E-state index contributed by atoms with van der Waals surface area (Å²) in [7, 11) is -4.18. The molecule has 0 amide bonds. The number of aryl methyl sites for hydroxylation is 1. The van der Waals surface area contributed by atoms with Gasteiger partial charge in [0.15, 0.2) is 0 Å². The van der Waals surface area contributed by atoms with Crippen LogP contribution in [0.2, 0.25) is 0 Å². The first kappa shape index (κ1) is 16.4. The van der Waals surface area contributed by atoms with Gasteiger partial charge < -0.3 is 5.73 Å². The maximum atomic E-state index is 12.9. The van der Waals surface area contributed by atoms with Crippen molar-refractivity contribution in [2.24, 2.45) is 5.73 Å². The van der Waals surface area contributed by atoms with Crippen molar-refractivity contribution in [1.29, 1.82) is 0 Å². The molecule has 0 saturated heterocycles. The number of nitro benzene ring substituents is 1. The lowest BCUT2D eigenvalue weighted by Gasteiger charge is -2.14. The molecule has 1 rings (SSSR count). The van der Waals surface area contributed by atoms with Gasteiger partial charge in [0.2, 0.25) is 10.0 Å². The molecule has 0 aliphatic carbocycles. The first-order valence-electron chi connectivity index (χ1n) is 5.42. The van der Waals surface area contributed by atoms with Gasteiger partial charge in [-0.1, -0.05) is 0 Å². The predicted octanol–water partition coefficient (Wildman–Crippen LogP) is 0.776. The number of sulfonamides is 1. The van der Waals surface area contributed by atoms with Gasteiger partial charge in [-0.15, -0.1) is 0 Å². The lowest BCUT2D eigenvalue weighted by molar-refractivity contribution is -0.385. The van der Waals surface area contributed by atoms with Crippen LogP contribution in [0.25, 0.3) is 0 Å². The van der Waals surface area contributed by atoms with Crippen molar-refractivity contribution >= 4 is 15.7 Å². The van der Waals surface area contributed by atoms with Crippen LogP contribution in [0.15, 0.2) is 23.1 Å². The second-order valence-corrected chi connectivity index (χ2v) is 5.86. The molecule has 1 aromatic carbocycles. The van der Waals surface area contributed by atoms with Gasteiger partial charge in [0, 0.05) is 11.6 Å². The van der Waals surface area contributed by atoms with E-state index >= 15 is 0 Å². The van der Waals surface area contributed by atoms with Gasteiger partial charge in [-0.2, -0.15) is 0 Å². The van der Waals surface area contributed by atoms with Gasteiger partial charge in [0.05, 0.1) is 22.9 Å². The molecule has 10 heteroatoms. The second kappa shape index (κ2) is 5.77. The van der Waals surface area contributed by atoms with Crippen LogP contribution in [-0.2, 0) is 10.0 Å². The molecule has 0 aromatic heterocycles. The van der Waals surface area contributed by atoms with E-state index in [0.717, 1.165) is 18.2 Å². The van der Waals surface area contributed by atoms with Gasteiger partial charge in [-0.3, -0.25) is 10.1 Å². The normalized spacial score (nSPS) is 12.4. The zero-order chi connectivity index (χ0) is 15.6. The highest BCUT2D eigenvalue weighted by molar-refractivity contribution is 7.89. The van der Waals surface area contributed by atoms with E-state index < -0.39 is 34.0 Å². The van der Waals surface area contributed by atoms with Crippen molar-refractivity contribution in [3.63, 3.8) is 0 Å². The lowest BCUT2D eigenvalue weighted by Crippen LogP contribution is -2.41. The first-order valence-corrected chi connectivity index (χ1v) is 6.90. The van der Waals surface area contributed by atoms with E-state index in [1.807, 2.05) is 0 Å². The smallest absolute Gasteiger partial charge is 0.273 e. The molecule has 112 valence electrons. The highest BCUT2D eigenvalue weighted by atomic mass is 32.2. The van der Waals surface area contributed by atoms with Crippen LogP contribution in [0.5, 0.6) is 0 Å². The maximum Gasteiger partial charge on any atom is 0.273 e. The number of nitrogens with zero attached hydrogens (tertiary/aromatic N) is 1. The van der Waals surface area contributed by atoms with Gasteiger partial charge in [0.25, 0.3) is 11.6 Å². The molecule has 0 spiro atoms. The summed E-state index contributed by atoms with van der Waals surface area (Å²) in [4.78, 5) is 9.62. The average molecular weight is 309 g/mol. The summed E-state index contributed by atoms with van der Waals surface area (Å²) in [5.74, 6) is -3.36. The quantitative estimate of drug-likeness (QED) is 0.595. The van der Waals surface area contributed by atoms with E-state index in [0.29, 0.717) is 0 Å². The molecule has 7 nitrogen and oxygen atoms in total. The molecule has 3 N–H and O–H groups in total. The molecule has 20 heavy (non-hydrogen) atoms. The van der Waals surface area contributed by atoms with Crippen molar-refractivity contribution in [3.05, 3.63) is 33.9 Å². The number of halogens is 2. The summed E-state index contributed by atoms with van der Waals surface area (Å²) in [5, 5.41) is 10.6. The molecule has 0 bridgehead atoms. The second-order valence-electron chi connectivity index (χ2n) is 4.09. The number of nitro groups is 1. The zero-order valence-corrected chi connectivity index (χ0v) is 11.3. The Morgan fingerprint density at radius 3 is 2.50 bits per heavy atom. The Balaban J connectivity index is 2.99. The maximum absolute atomic E-state index is 12.9. The monoisotopic (exact) mass is 309 g/mol. The molecule has 0 aliphatic heterocycles. The summed E-state index contributed by atoms with van der Waals surface area (Å²) >= 11 is 0. The third-order valence-corrected chi connectivity index (χ3v) is 3.89. The molecular formula is C10H13F2N3O4S. The fraction of sp³-hybridized carbons (Fsp3) is 0.400. The molecule has 1 aromatic rings. The van der Waals surface area contributed by atoms with Gasteiger partial charge in [-0.05, 0) is 19.1 Å². The summed E-state index contributed by atoms with van der Waals surface area (Å²) < 4.78 is 51.1. The standard InChI is InChI=1S/C10H13F2N3O4S/c1-7-4-8(2-3-9(7)15(16)17)20(18,19)14-6-10(11,12)5-13/h2-4,14H,5-6,13H2,1H3. The summed E-state index contributed by atoms with van der Waals surface area (Å²) in [6, 6.07) is 3.03. The van der Waals surface area contributed by atoms with Crippen LogP contribution in [0, 0.1) is 17.0 Å². The van der Waals surface area contributed by atoms with Crippen molar-refractivity contribution in [3.8, 4) is 0 Å². The number of rotatable bonds is 6. The minimum atomic E-state index is -4.18. The van der Waals surface area contributed by atoms with Gasteiger partial charge in [0.1, 0.15) is 0 Å². The number of nitrogens with two attached hydrogens (primary N) is 1. The molecular weight excluding hydrogens is 296 g/mol. The number of hydrogen-bond acceptors (Lipinski definition) is 5. The topological polar surface area (TPSA) is 115 Å². The van der Waals surface area contributed by atoms with Crippen LogP contribution in [0.1, 0.15) is 5.56 Å². The third kappa shape index (κ3) is 3.92. The van der Waals surface area contributed by atoms with E-state index in [4.69, 9.17) is 5.73 Å². The average Bonchev–Trinajstić information content (AvgIpc) is 2.36. The van der Waals surface area contributed by atoms with Crippen molar-refractivity contribution in [2.75, 3.05) is 13.1 Å². The number of alkyl halides is 2. The van der Waals surface area contributed by atoms with Crippen LogP contribution in [0.3, 0.4) is 0 Å². The SMILES string of the molecule is Cc1cc(S(=O)(=O)NCC(F)(F)CN)ccc1[N+](=O)[O-]. The molecule has 0 radical (unpaired) electrons. The highest BCUT2D eigenvalue weighted by Crippen LogP contribution is 2.21. The van der Waals surface area contributed by atoms with Crippen molar-refractivity contribution in [2.45, 2.75) is 17.7 Å². The lowest BCUT2D eigenvalue weighted by atomic mass is 10.2. The summed E-state index contributed by atoms with van der Waals surface area (Å²) in [6.07, 6.45) is 0. The van der Waals surface area contributed by atoms with Crippen LogP contribution >= 0.6 is 0 Å². The van der Waals surface area contributed by atoms with E-state index in [9.17, 15) is 27.3 Å². The highest BCUT2D eigenvalue weighted by Gasteiger charge is 2.29. The van der Waals surface area contributed by atoms with Gasteiger partial charge >= 0.3 is 0 Å². The fourth-order valence-electron chi connectivity index (χ4n) is 1.36. The number of benzene rings is 1. The van der Waals surface area contributed by atoms with Crippen LogP contribution < -0.4 is 10.5 Å². The predicted molar refractivity (Wildman–Crippen MR) is 67.0 cm³/mol. The molecule has 0 saturated carbocycles. The minimum absolute atomic E-state index is 0.114. The van der Waals surface area contributed by atoms with E-state index in [-0.39, 0.29) is 16.1 Å². The van der Waals surface area contributed by atoms with Crippen molar-refractivity contribution in [1.82, 2.24) is 4.72 Å². The summed E-state index contributed by atoms with van der Waals surface area (Å²) in [5.41, 5.74) is 4.65. The number of hydrogen-bond donors (Lipinski definition) is 2. The molecule has 0 fully saturated rings. The number of nitrogens with one attached hydrogen (secondary N) is 1. The largest absolute Gasteiger partial charge is 0.325 e. The minimum Gasteiger partial charge on any atom is -0.325 e. The Labute approximate surface area is 114 Å². The van der Waals surface area contributed by atoms with Gasteiger partial charge in [-0.25, -0.2) is 21.9 Å². The molecule has 0 atom stereocenters. The Bertz CT molecular complexity index is 619. The van der Waals surface area contributed by atoms with Crippen LogP contribution in [0.4, 0.5) is 14.5 Å². The van der Waals surface area contributed by atoms with E-state index in [1.165, 1.54) is 6.92 Å². The third-order valence-electron chi connectivity index (χ3n) is 2.49. The molecule has 0 unspecified atom stereocenters. The fourth-order valence-corrected chi connectivity index (χ4v) is 2.50. The van der Waals surface area contributed by atoms with E-state index in [1.54, 1.807) is 4.72 Å². The Hall–Kier alpha value is -1.65.